The topological polar surface area (TPSA) is 47.3 Å². The van der Waals surface area contributed by atoms with Crippen LogP contribution in [0.4, 0.5) is 0 Å². The number of nitrogens with zero attached hydrogens (tertiary/aromatic N) is 3. The van der Waals surface area contributed by atoms with Gasteiger partial charge in [0.05, 0.1) is 0 Å². The van der Waals surface area contributed by atoms with Gasteiger partial charge in [-0.25, -0.2) is 9.97 Å². The quantitative estimate of drug-likeness (QED) is 0.624. The standard InChI is InChI=1S/C13H9N3O/c17-13(10-4-2-1-3-5-10)11-8-16-9-14-7-6-12(16)15-11/h1-9H. The van der Waals surface area contributed by atoms with E-state index in [1.165, 1.54) is 0 Å². The van der Waals surface area contributed by atoms with Gasteiger partial charge in [-0.1, -0.05) is 30.3 Å². The Bertz CT molecular complexity index is 640. The van der Waals surface area contributed by atoms with Gasteiger partial charge in [0.25, 0.3) is 0 Å². The smallest absolute Gasteiger partial charge is 0.212 e. The zero-order valence-corrected chi connectivity index (χ0v) is 8.95. The highest BCUT2D eigenvalue weighted by molar-refractivity contribution is 6.07. The molecule has 4 heteroatoms. The predicted octanol–water partition coefficient (Wildman–Crippen LogP) is 1.96. The van der Waals surface area contributed by atoms with E-state index in [0.29, 0.717) is 11.3 Å². The van der Waals surface area contributed by atoms with Crippen LogP contribution in [0, 0.1) is 0 Å². The molecule has 2 aromatic heterocycles. The Labute approximate surface area is 97.6 Å². The Morgan fingerprint density at radius 3 is 2.71 bits per heavy atom. The average Bonchev–Trinajstić information content (AvgIpc) is 2.82. The monoisotopic (exact) mass is 223 g/mol. The van der Waals surface area contributed by atoms with Gasteiger partial charge in [0.15, 0.2) is 0 Å². The molecule has 3 aromatic rings. The fourth-order valence-corrected chi connectivity index (χ4v) is 1.69. The number of ketones is 1. The minimum Gasteiger partial charge on any atom is -0.290 e. The number of carbonyl (C=O) groups excluding carboxylic acids is 1. The molecule has 0 saturated carbocycles. The maximum absolute atomic E-state index is 12.1. The molecule has 0 N–H and O–H groups in total. The predicted molar refractivity (Wildman–Crippen MR) is 62.9 cm³/mol. The first-order valence-electron chi connectivity index (χ1n) is 5.23. The number of hydrogen-bond donors (Lipinski definition) is 0. The number of rotatable bonds is 2. The number of imidazole rings is 1. The number of fused-ring (bicyclic) bond motifs is 1. The van der Waals surface area contributed by atoms with Crippen LogP contribution >= 0.6 is 0 Å². The molecule has 0 atom stereocenters. The van der Waals surface area contributed by atoms with E-state index < -0.39 is 0 Å². The molecule has 2 heterocycles. The maximum Gasteiger partial charge on any atom is 0.212 e. The number of benzene rings is 1. The number of carbonyl (C=O) groups is 1. The molecule has 0 radical (unpaired) electrons. The lowest BCUT2D eigenvalue weighted by Crippen LogP contribution is -2.00. The Kier molecular flexibility index (Phi) is 2.19. The van der Waals surface area contributed by atoms with Gasteiger partial charge in [0.2, 0.25) is 5.78 Å². The molecular formula is C13H9N3O. The summed E-state index contributed by atoms with van der Waals surface area (Å²) < 4.78 is 1.73. The van der Waals surface area contributed by atoms with Crippen molar-refractivity contribution in [2.24, 2.45) is 0 Å². The lowest BCUT2D eigenvalue weighted by atomic mass is 10.1. The van der Waals surface area contributed by atoms with Gasteiger partial charge >= 0.3 is 0 Å². The highest BCUT2D eigenvalue weighted by atomic mass is 16.1. The third-order valence-electron chi connectivity index (χ3n) is 2.53. The molecule has 0 spiro atoms. The van der Waals surface area contributed by atoms with E-state index in [9.17, 15) is 4.79 Å². The van der Waals surface area contributed by atoms with Crippen LogP contribution < -0.4 is 0 Å². The molecule has 0 aliphatic carbocycles. The third-order valence-corrected chi connectivity index (χ3v) is 2.53. The molecule has 0 aliphatic rings. The van der Waals surface area contributed by atoms with Gasteiger partial charge < -0.3 is 0 Å². The molecule has 0 aliphatic heterocycles. The molecule has 1 aromatic carbocycles. The molecule has 0 bridgehead atoms. The van der Waals surface area contributed by atoms with Crippen LogP contribution in [0.1, 0.15) is 16.1 Å². The largest absolute Gasteiger partial charge is 0.290 e. The van der Waals surface area contributed by atoms with Gasteiger partial charge in [0.1, 0.15) is 17.7 Å². The van der Waals surface area contributed by atoms with E-state index >= 15 is 0 Å². The van der Waals surface area contributed by atoms with Gasteiger partial charge in [-0.05, 0) is 6.07 Å². The van der Waals surface area contributed by atoms with Crippen LogP contribution in [-0.2, 0) is 0 Å². The van der Waals surface area contributed by atoms with E-state index in [-0.39, 0.29) is 5.78 Å². The lowest BCUT2D eigenvalue weighted by Gasteiger charge is -1.94. The fourth-order valence-electron chi connectivity index (χ4n) is 1.69. The summed E-state index contributed by atoms with van der Waals surface area (Å²) in [5, 5.41) is 0. The molecule has 4 nitrogen and oxygen atoms in total. The summed E-state index contributed by atoms with van der Waals surface area (Å²) in [6, 6.07) is 10.9. The normalized spacial score (nSPS) is 10.6. The van der Waals surface area contributed by atoms with Crippen LogP contribution in [0.5, 0.6) is 0 Å². The van der Waals surface area contributed by atoms with Gasteiger partial charge in [-0.15, -0.1) is 0 Å². The zero-order valence-electron chi connectivity index (χ0n) is 8.95. The number of hydrogen-bond acceptors (Lipinski definition) is 3. The fraction of sp³-hybridized carbons (Fsp3) is 0. The number of aromatic nitrogens is 3. The second-order valence-electron chi connectivity index (χ2n) is 3.67. The first-order chi connectivity index (χ1) is 8.34. The highest BCUT2D eigenvalue weighted by Crippen LogP contribution is 2.09. The third kappa shape index (κ3) is 1.69. The van der Waals surface area contributed by atoms with Crippen molar-refractivity contribution in [3.8, 4) is 0 Å². The summed E-state index contributed by atoms with van der Waals surface area (Å²) in [6.45, 7) is 0. The van der Waals surface area contributed by atoms with Crippen LogP contribution in [0.2, 0.25) is 0 Å². The van der Waals surface area contributed by atoms with Crippen molar-refractivity contribution in [3.63, 3.8) is 0 Å². The van der Waals surface area contributed by atoms with Gasteiger partial charge in [0, 0.05) is 18.0 Å². The van der Waals surface area contributed by atoms with E-state index in [0.717, 1.165) is 5.65 Å². The molecule has 3 rings (SSSR count). The van der Waals surface area contributed by atoms with E-state index in [1.807, 2.05) is 18.2 Å². The van der Waals surface area contributed by atoms with Crippen molar-refractivity contribution >= 4 is 11.4 Å². The van der Waals surface area contributed by atoms with Gasteiger partial charge in [-0.2, -0.15) is 0 Å². The molecule has 0 fully saturated rings. The second-order valence-corrected chi connectivity index (χ2v) is 3.67. The minimum absolute atomic E-state index is 0.0747. The van der Waals surface area contributed by atoms with Crippen LogP contribution in [0.25, 0.3) is 5.65 Å². The second kappa shape index (κ2) is 3.83. The Balaban J connectivity index is 2.07. The molecular weight excluding hydrogens is 214 g/mol. The van der Waals surface area contributed by atoms with Crippen LogP contribution in [-0.4, -0.2) is 20.2 Å². The summed E-state index contributed by atoms with van der Waals surface area (Å²) in [6.07, 6.45) is 4.97. The van der Waals surface area contributed by atoms with E-state index in [1.54, 1.807) is 41.3 Å². The van der Waals surface area contributed by atoms with E-state index in [2.05, 4.69) is 9.97 Å². The summed E-state index contributed by atoms with van der Waals surface area (Å²) in [7, 11) is 0. The SMILES string of the molecule is O=C(c1ccccc1)c1cn2cnccc2n1. The average molecular weight is 223 g/mol. The lowest BCUT2D eigenvalue weighted by molar-refractivity contribution is 0.103. The summed E-state index contributed by atoms with van der Waals surface area (Å²) in [5.74, 6) is -0.0747. The van der Waals surface area contributed by atoms with Crippen molar-refractivity contribution < 1.29 is 4.79 Å². The van der Waals surface area contributed by atoms with Crippen LogP contribution in [0.15, 0.2) is 55.1 Å². The zero-order chi connectivity index (χ0) is 11.7. The first kappa shape index (κ1) is 9.72. The first-order valence-corrected chi connectivity index (χ1v) is 5.23. The molecule has 0 amide bonds. The Morgan fingerprint density at radius 2 is 1.94 bits per heavy atom. The van der Waals surface area contributed by atoms with Crippen molar-refractivity contribution in [2.45, 2.75) is 0 Å². The molecule has 0 unspecified atom stereocenters. The maximum atomic E-state index is 12.1. The summed E-state index contributed by atoms with van der Waals surface area (Å²) in [4.78, 5) is 20.4. The molecule has 17 heavy (non-hydrogen) atoms. The van der Waals surface area contributed by atoms with Crippen molar-refractivity contribution in [1.29, 1.82) is 0 Å². The van der Waals surface area contributed by atoms with Crippen molar-refractivity contribution in [2.75, 3.05) is 0 Å². The minimum atomic E-state index is -0.0747. The summed E-state index contributed by atoms with van der Waals surface area (Å²) in [5.41, 5.74) is 1.80. The van der Waals surface area contributed by atoms with Crippen LogP contribution in [0.3, 0.4) is 0 Å². The molecule has 82 valence electrons. The Morgan fingerprint density at radius 1 is 1.12 bits per heavy atom. The van der Waals surface area contributed by atoms with Crippen molar-refractivity contribution in [3.05, 3.63) is 66.4 Å². The Hall–Kier alpha value is -2.49. The highest BCUT2D eigenvalue weighted by Gasteiger charge is 2.12. The van der Waals surface area contributed by atoms with E-state index in [4.69, 9.17) is 0 Å². The summed E-state index contributed by atoms with van der Waals surface area (Å²) >= 11 is 0. The molecule has 0 saturated heterocycles. The van der Waals surface area contributed by atoms with Gasteiger partial charge in [-0.3, -0.25) is 9.20 Å². The van der Waals surface area contributed by atoms with Crippen molar-refractivity contribution in [1.82, 2.24) is 14.4 Å².